The molecule has 2 aromatic carbocycles. The quantitative estimate of drug-likeness (QED) is 0.542. The third-order valence-corrected chi connectivity index (χ3v) is 6.94. The number of hydrogen-bond donors (Lipinski definition) is 1. The Balaban J connectivity index is 1.86. The molecule has 1 amide bonds. The fraction of sp³-hybridized carbons (Fsp3) is 0.240. The molecule has 3 aliphatic rings. The number of fused-ring (bicyclic) bond motifs is 3. The number of carbonyl (C=O) groups excluding carboxylic acids is 2. The average molecular weight is 455 g/mol. The molecule has 9 nitrogen and oxygen atoms in total. The SMILES string of the molecule is Cc1cc([N+](=O)[O-])ccc1N1C(N)=C(C#N)C2(C(=O)N(C)c3ccccc32)C2=C1CCCC2=O. The maximum absolute atomic E-state index is 13.9. The lowest BCUT2D eigenvalue weighted by Gasteiger charge is -2.44. The van der Waals surface area contributed by atoms with Gasteiger partial charge in [-0.15, -0.1) is 0 Å². The third-order valence-electron chi connectivity index (χ3n) is 6.94. The highest BCUT2D eigenvalue weighted by Gasteiger charge is 2.61. The van der Waals surface area contributed by atoms with Crippen molar-refractivity contribution < 1.29 is 14.5 Å². The van der Waals surface area contributed by atoms with E-state index < -0.39 is 16.2 Å². The summed E-state index contributed by atoms with van der Waals surface area (Å²) in [4.78, 5) is 41.3. The number of anilines is 2. The molecule has 9 heteroatoms. The number of allylic oxidation sites excluding steroid dienone is 1. The van der Waals surface area contributed by atoms with Crippen molar-refractivity contribution in [1.82, 2.24) is 0 Å². The largest absolute Gasteiger partial charge is 0.384 e. The summed E-state index contributed by atoms with van der Waals surface area (Å²) in [6, 6.07) is 13.6. The number of nitriles is 1. The fourth-order valence-corrected chi connectivity index (χ4v) is 5.51. The molecule has 0 bridgehead atoms. The van der Waals surface area contributed by atoms with Crippen LogP contribution in [0.5, 0.6) is 0 Å². The predicted molar refractivity (Wildman–Crippen MR) is 125 cm³/mol. The molecule has 1 unspecified atom stereocenters. The zero-order valence-corrected chi connectivity index (χ0v) is 18.7. The van der Waals surface area contributed by atoms with Gasteiger partial charge in [0.2, 0.25) is 5.91 Å². The van der Waals surface area contributed by atoms with Gasteiger partial charge in [0.05, 0.1) is 16.2 Å². The maximum Gasteiger partial charge on any atom is 0.269 e. The summed E-state index contributed by atoms with van der Waals surface area (Å²) in [7, 11) is 1.63. The van der Waals surface area contributed by atoms with Crippen molar-refractivity contribution in [2.75, 3.05) is 16.8 Å². The lowest BCUT2D eigenvalue weighted by Crippen LogP contribution is -2.52. The van der Waals surface area contributed by atoms with Crippen molar-refractivity contribution in [2.24, 2.45) is 5.73 Å². The van der Waals surface area contributed by atoms with Crippen molar-refractivity contribution in [3.8, 4) is 6.07 Å². The van der Waals surface area contributed by atoms with Gasteiger partial charge in [-0.25, -0.2) is 0 Å². The van der Waals surface area contributed by atoms with Gasteiger partial charge in [0, 0.05) is 48.1 Å². The van der Waals surface area contributed by atoms with E-state index in [0.29, 0.717) is 41.0 Å². The van der Waals surface area contributed by atoms with Gasteiger partial charge in [-0.05, 0) is 37.5 Å². The van der Waals surface area contributed by atoms with Gasteiger partial charge in [-0.2, -0.15) is 5.26 Å². The molecule has 0 saturated carbocycles. The van der Waals surface area contributed by atoms with Crippen LogP contribution in [0.1, 0.15) is 30.4 Å². The molecule has 2 N–H and O–H groups in total. The standard InChI is InChI=1S/C25H21N5O4/c1-14-12-15(30(33)34)10-11-18(14)29-20-8-5-9-21(31)22(20)25(17(13-26)23(29)27)16-6-3-4-7-19(16)28(2)24(25)32/h3-4,6-7,10-12H,5,8-9,27H2,1-2H3. The molecule has 5 rings (SSSR count). The molecule has 1 spiro atoms. The van der Waals surface area contributed by atoms with Crippen LogP contribution in [0.25, 0.3) is 0 Å². The molecule has 1 aliphatic carbocycles. The minimum absolute atomic E-state index is 0.0129. The van der Waals surface area contributed by atoms with Gasteiger partial charge in [-0.3, -0.25) is 24.6 Å². The van der Waals surface area contributed by atoms with Crippen LogP contribution in [0, 0.1) is 28.4 Å². The van der Waals surface area contributed by atoms with Crippen molar-refractivity contribution in [2.45, 2.75) is 31.6 Å². The predicted octanol–water partition coefficient (Wildman–Crippen LogP) is 3.34. The summed E-state index contributed by atoms with van der Waals surface area (Å²) in [6.07, 6.45) is 1.29. The second kappa shape index (κ2) is 7.28. The van der Waals surface area contributed by atoms with Gasteiger partial charge in [0.25, 0.3) is 5.69 Å². The molecule has 1 atom stereocenters. The van der Waals surface area contributed by atoms with Gasteiger partial charge >= 0.3 is 0 Å². The summed E-state index contributed by atoms with van der Waals surface area (Å²) in [5.74, 6) is -0.549. The number of nitro benzene ring substituents is 1. The minimum Gasteiger partial charge on any atom is -0.384 e. The summed E-state index contributed by atoms with van der Waals surface area (Å²) in [6.45, 7) is 1.71. The number of benzene rings is 2. The number of Topliss-reactive ketones (excluding diaryl/α,β-unsaturated/α-hetero) is 1. The molecule has 0 fully saturated rings. The highest BCUT2D eigenvalue weighted by molar-refractivity contribution is 6.20. The zero-order valence-electron chi connectivity index (χ0n) is 18.7. The van der Waals surface area contributed by atoms with Crippen LogP contribution in [0.3, 0.4) is 0 Å². The van der Waals surface area contributed by atoms with Crippen LogP contribution in [0.15, 0.2) is 65.1 Å². The smallest absolute Gasteiger partial charge is 0.269 e. The molecular weight excluding hydrogens is 434 g/mol. The molecule has 34 heavy (non-hydrogen) atoms. The Bertz CT molecular complexity index is 1420. The Morgan fingerprint density at radius 2 is 1.88 bits per heavy atom. The molecule has 2 heterocycles. The minimum atomic E-state index is -1.61. The summed E-state index contributed by atoms with van der Waals surface area (Å²) < 4.78 is 0. The topological polar surface area (TPSA) is 134 Å². The van der Waals surface area contributed by atoms with Crippen LogP contribution in [-0.4, -0.2) is 23.7 Å². The van der Waals surface area contributed by atoms with Gasteiger partial charge in [0.15, 0.2) is 5.78 Å². The highest BCUT2D eigenvalue weighted by Crippen LogP contribution is 2.56. The van der Waals surface area contributed by atoms with Crippen LogP contribution in [0.4, 0.5) is 17.1 Å². The number of ketones is 1. The van der Waals surface area contributed by atoms with Crippen LogP contribution in [-0.2, 0) is 15.0 Å². The number of nitrogens with zero attached hydrogens (tertiary/aromatic N) is 4. The first-order valence-corrected chi connectivity index (χ1v) is 10.8. The van der Waals surface area contributed by atoms with Crippen molar-refractivity contribution >= 4 is 28.8 Å². The highest BCUT2D eigenvalue weighted by atomic mass is 16.6. The lowest BCUT2D eigenvalue weighted by atomic mass is 9.63. The molecule has 0 aromatic heterocycles. The van der Waals surface area contributed by atoms with Gasteiger partial charge in [0.1, 0.15) is 17.3 Å². The van der Waals surface area contributed by atoms with Crippen molar-refractivity contribution in [3.05, 3.63) is 86.4 Å². The number of para-hydroxylation sites is 1. The van der Waals surface area contributed by atoms with E-state index in [0.717, 1.165) is 0 Å². The Hall–Kier alpha value is -4.45. The van der Waals surface area contributed by atoms with E-state index >= 15 is 0 Å². The normalized spacial score (nSPS) is 21.7. The number of hydrogen-bond acceptors (Lipinski definition) is 7. The Labute approximate surface area is 195 Å². The van der Waals surface area contributed by atoms with E-state index in [9.17, 15) is 25.0 Å². The maximum atomic E-state index is 13.9. The van der Waals surface area contributed by atoms with Crippen molar-refractivity contribution in [3.63, 3.8) is 0 Å². The first kappa shape index (κ1) is 21.4. The first-order valence-electron chi connectivity index (χ1n) is 10.8. The number of carbonyl (C=O) groups is 2. The molecular formula is C25H21N5O4. The summed E-state index contributed by atoms with van der Waals surface area (Å²) in [5.41, 5.74) is 8.04. The molecule has 0 radical (unpaired) electrons. The first-order chi connectivity index (χ1) is 16.2. The number of aryl methyl sites for hydroxylation is 1. The summed E-state index contributed by atoms with van der Waals surface area (Å²) >= 11 is 0. The van der Waals surface area contributed by atoms with E-state index in [1.165, 1.54) is 17.0 Å². The monoisotopic (exact) mass is 455 g/mol. The van der Waals surface area contributed by atoms with E-state index in [1.54, 1.807) is 49.2 Å². The molecule has 2 aromatic rings. The Kier molecular flexibility index (Phi) is 4.58. The Morgan fingerprint density at radius 1 is 1.15 bits per heavy atom. The summed E-state index contributed by atoms with van der Waals surface area (Å²) in [5, 5.41) is 21.6. The number of nitrogens with two attached hydrogens (primary N) is 1. The van der Waals surface area contributed by atoms with E-state index in [1.807, 2.05) is 0 Å². The molecule has 2 aliphatic heterocycles. The second-order valence-corrected chi connectivity index (χ2v) is 8.67. The second-order valence-electron chi connectivity index (χ2n) is 8.67. The van der Waals surface area contributed by atoms with Gasteiger partial charge in [-0.1, -0.05) is 18.2 Å². The number of non-ortho nitro benzene ring substituents is 1. The average Bonchev–Trinajstić information content (AvgIpc) is 3.03. The van der Waals surface area contributed by atoms with Crippen molar-refractivity contribution in [1.29, 1.82) is 5.26 Å². The van der Waals surface area contributed by atoms with Gasteiger partial charge < -0.3 is 10.6 Å². The van der Waals surface area contributed by atoms with E-state index in [2.05, 4.69) is 6.07 Å². The zero-order chi connectivity index (χ0) is 24.4. The Morgan fingerprint density at radius 3 is 2.56 bits per heavy atom. The number of amides is 1. The fourth-order valence-electron chi connectivity index (χ4n) is 5.51. The number of rotatable bonds is 2. The van der Waals surface area contributed by atoms with Crippen LogP contribution < -0.4 is 15.5 Å². The third kappa shape index (κ3) is 2.53. The molecule has 0 saturated heterocycles. The lowest BCUT2D eigenvalue weighted by molar-refractivity contribution is -0.384. The number of nitro groups is 1. The molecule has 170 valence electrons. The number of likely N-dealkylation sites (N-methyl/N-ethyl adjacent to an activating group) is 1. The van der Waals surface area contributed by atoms with E-state index in [4.69, 9.17) is 5.73 Å². The van der Waals surface area contributed by atoms with Crippen LogP contribution >= 0.6 is 0 Å². The van der Waals surface area contributed by atoms with Crippen LogP contribution in [0.2, 0.25) is 0 Å². The van der Waals surface area contributed by atoms with E-state index in [-0.39, 0.29) is 34.9 Å².